The van der Waals surface area contributed by atoms with Crippen molar-refractivity contribution in [2.75, 3.05) is 19.7 Å². The molecule has 2 heterocycles. The lowest BCUT2D eigenvalue weighted by Gasteiger charge is -2.32. The highest BCUT2D eigenvalue weighted by atomic mass is 16.6. The fourth-order valence-electron chi connectivity index (χ4n) is 2.70. The van der Waals surface area contributed by atoms with Crippen LogP contribution in [-0.2, 0) is 11.3 Å². The first-order valence-corrected chi connectivity index (χ1v) is 7.97. The zero-order chi connectivity index (χ0) is 17.8. The summed E-state index contributed by atoms with van der Waals surface area (Å²) in [7, 11) is 0. The van der Waals surface area contributed by atoms with Gasteiger partial charge < -0.3 is 19.4 Å². The molecule has 0 bridgehead atoms. The Labute approximate surface area is 144 Å². The predicted molar refractivity (Wildman–Crippen MR) is 89.0 cm³/mol. The fraction of sp³-hybridized carbons (Fsp3) is 0.353. The summed E-state index contributed by atoms with van der Waals surface area (Å²) in [4.78, 5) is 24.4. The van der Waals surface area contributed by atoms with Crippen LogP contribution in [0.15, 0.2) is 40.8 Å². The van der Waals surface area contributed by atoms with Gasteiger partial charge in [0.2, 0.25) is 0 Å². The number of nitrogens with one attached hydrogen (secondary N) is 1. The number of morpholine rings is 1. The molecule has 132 valence electrons. The van der Waals surface area contributed by atoms with E-state index in [9.17, 15) is 14.9 Å². The fourth-order valence-corrected chi connectivity index (χ4v) is 2.70. The number of hydrogen-bond donors (Lipinski definition) is 1. The van der Waals surface area contributed by atoms with Crippen molar-refractivity contribution in [3.05, 3.63) is 63.6 Å². The third-order valence-electron chi connectivity index (χ3n) is 4.00. The van der Waals surface area contributed by atoms with E-state index in [-0.39, 0.29) is 24.4 Å². The summed E-state index contributed by atoms with van der Waals surface area (Å²) in [6.45, 7) is 3.39. The number of aryl methyl sites for hydroxylation is 1. The van der Waals surface area contributed by atoms with Crippen LogP contribution in [0.2, 0.25) is 0 Å². The van der Waals surface area contributed by atoms with Gasteiger partial charge in [-0.3, -0.25) is 10.1 Å². The lowest BCUT2D eigenvalue weighted by Crippen LogP contribution is -2.46. The van der Waals surface area contributed by atoms with Crippen molar-refractivity contribution in [2.45, 2.75) is 19.6 Å². The van der Waals surface area contributed by atoms with Crippen LogP contribution in [0.5, 0.6) is 0 Å². The van der Waals surface area contributed by atoms with Crippen molar-refractivity contribution in [3.8, 4) is 0 Å². The molecule has 0 radical (unpaired) electrons. The molecule has 1 aliphatic heterocycles. The number of amides is 2. The Morgan fingerprint density at radius 3 is 2.96 bits per heavy atom. The molecule has 0 unspecified atom stereocenters. The maximum Gasteiger partial charge on any atom is 0.317 e. The van der Waals surface area contributed by atoms with E-state index in [1.54, 1.807) is 17.0 Å². The third kappa shape index (κ3) is 4.16. The Balaban J connectivity index is 1.57. The van der Waals surface area contributed by atoms with E-state index in [2.05, 4.69) is 5.32 Å². The second-order valence-electron chi connectivity index (χ2n) is 5.84. The summed E-state index contributed by atoms with van der Waals surface area (Å²) in [6.07, 6.45) is -0.286. The largest absolute Gasteiger partial charge is 0.464 e. The van der Waals surface area contributed by atoms with Crippen molar-refractivity contribution in [3.63, 3.8) is 0 Å². The topological polar surface area (TPSA) is 97.9 Å². The van der Waals surface area contributed by atoms with Gasteiger partial charge in [0.25, 0.3) is 5.69 Å². The molecule has 1 saturated heterocycles. The summed E-state index contributed by atoms with van der Waals surface area (Å²) in [6, 6.07) is 9.69. The summed E-state index contributed by atoms with van der Waals surface area (Å²) < 4.78 is 11.2. The summed E-state index contributed by atoms with van der Waals surface area (Å²) in [5.41, 5.74) is 0.681. The molecule has 25 heavy (non-hydrogen) atoms. The van der Waals surface area contributed by atoms with Crippen LogP contribution in [0, 0.1) is 17.0 Å². The first-order valence-electron chi connectivity index (χ1n) is 7.97. The van der Waals surface area contributed by atoms with Crippen molar-refractivity contribution >= 4 is 11.7 Å². The molecule has 8 nitrogen and oxygen atoms in total. The minimum absolute atomic E-state index is 0.00590. The molecule has 1 fully saturated rings. The average molecular weight is 345 g/mol. The van der Waals surface area contributed by atoms with E-state index in [1.165, 1.54) is 12.1 Å². The summed E-state index contributed by atoms with van der Waals surface area (Å²) >= 11 is 0. The molecule has 0 aliphatic carbocycles. The van der Waals surface area contributed by atoms with Crippen LogP contribution in [0.25, 0.3) is 0 Å². The van der Waals surface area contributed by atoms with Crippen molar-refractivity contribution in [1.82, 2.24) is 10.2 Å². The lowest BCUT2D eigenvalue weighted by molar-refractivity contribution is -0.384. The van der Waals surface area contributed by atoms with Crippen LogP contribution in [0.4, 0.5) is 10.5 Å². The number of nitrogens with zero attached hydrogens (tertiary/aromatic N) is 2. The van der Waals surface area contributed by atoms with Gasteiger partial charge in [0, 0.05) is 25.2 Å². The number of carbonyl (C=O) groups excluding carboxylic acids is 1. The van der Waals surface area contributed by atoms with E-state index in [0.717, 1.165) is 5.76 Å². The third-order valence-corrected chi connectivity index (χ3v) is 4.00. The van der Waals surface area contributed by atoms with Gasteiger partial charge in [-0.1, -0.05) is 12.1 Å². The number of benzene rings is 1. The second kappa shape index (κ2) is 7.35. The Hall–Kier alpha value is -2.87. The number of nitro benzene ring substituents is 1. The smallest absolute Gasteiger partial charge is 0.317 e. The van der Waals surface area contributed by atoms with E-state index >= 15 is 0 Å². The second-order valence-corrected chi connectivity index (χ2v) is 5.84. The summed E-state index contributed by atoms with van der Waals surface area (Å²) in [5, 5.41) is 13.6. The molecule has 2 aromatic rings. The number of carbonyl (C=O) groups is 1. The van der Waals surface area contributed by atoms with Gasteiger partial charge in [0.15, 0.2) is 0 Å². The van der Waals surface area contributed by atoms with Crippen LogP contribution in [-0.4, -0.2) is 35.6 Å². The molecule has 3 rings (SSSR count). The molecular weight excluding hydrogens is 326 g/mol. The van der Waals surface area contributed by atoms with Gasteiger partial charge in [-0.05, 0) is 24.6 Å². The molecule has 8 heteroatoms. The first kappa shape index (κ1) is 17.0. The molecule has 2 amide bonds. The van der Waals surface area contributed by atoms with Gasteiger partial charge in [0.05, 0.1) is 18.1 Å². The Morgan fingerprint density at radius 1 is 1.40 bits per heavy atom. The number of ether oxygens (including phenoxy) is 1. The van der Waals surface area contributed by atoms with E-state index in [4.69, 9.17) is 9.15 Å². The highest BCUT2D eigenvalue weighted by molar-refractivity contribution is 5.74. The zero-order valence-corrected chi connectivity index (χ0v) is 13.8. The maximum absolute atomic E-state index is 12.4. The molecule has 0 saturated carbocycles. The predicted octanol–water partition coefficient (Wildman–Crippen LogP) is 2.78. The van der Waals surface area contributed by atoms with Gasteiger partial charge in [-0.25, -0.2) is 4.79 Å². The van der Waals surface area contributed by atoms with E-state index in [0.29, 0.717) is 31.0 Å². The number of urea groups is 1. The Kier molecular flexibility index (Phi) is 4.99. The van der Waals surface area contributed by atoms with Crippen molar-refractivity contribution in [1.29, 1.82) is 0 Å². The molecule has 1 aliphatic rings. The number of rotatable bonds is 4. The van der Waals surface area contributed by atoms with Gasteiger partial charge in [-0.2, -0.15) is 0 Å². The molecular formula is C17H19N3O5. The SMILES string of the molecule is Cc1ccc([C@@H]2CN(C(=O)NCc3cccc([N+](=O)[O-])c3)CCO2)o1. The van der Waals surface area contributed by atoms with Crippen LogP contribution in [0.3, 0.4) is 0 Å². The molecule has 1 aromatic carbocycles. The maximum atomic E-state index is 12.4. The van der Waals surface area contributed by atoms with E-state index in [1.807, 2.05) is 19.1 Å². The molecule has 1 atom stereocenters. The van der Waals surface area contributed by atoms with Crippen LogP contribution >= 0.6 is 0 Å². The van der Waals surface area contributed by atoms with Crippen molar-refractivity contribution in [2.24, 2.45) is 0 Å². The number of hydrogen-bond acceptors (Lipinski definition) is 5. The Morgan fingerprint density at radius 2 is 2.24 bits per heavy atom. The quantitative estimate of drug-likeness (QED) is 0.679. The highest BCUT2D eigenvalue weighted by Crippen LogP contribution is 2.24. The molecule has 0 spiro atoms. The Bertz CT molecular complexity index is 773. The lowest BCUT2D eigenvalue weighted by atomic mass is 10.2. The number of nitro groups is 1. The molecule has 1 N–H and O–H groups in total. The van der Waals surface area contributed by atoms with E-state index < -0.39 is 4.92 Å². The van der Waals surface area contributed by atoms with Gasteiger partial charge >= 0.3 is 6.03 Å². The van der Waals surface area contributed by atoms with Crippen molar-refractivity contribution < 1.29 is 18.9 Å². The monoisotopic (exact) mass is 345 g/mol. The van der Waals surface area contributed by atoms with Crippen LogP contribution in [0.1, 0.15) is 23.2 Å². The standard InChI is InChI=1S/C17H19N3O5/c1-12-5-6-15(25-12)16-11-19(7-8-24-16)17(21)18-10-13-3-2-4-14(9-13)20(22)23/h2-6,9,16H,7-8,10-11H2,1H3,(H,18,21)/t16-/m0/s1. The molecule has 1 aromatic heterocycles. The van der Waals surface area contributed by atoms with Gasteiger partial charge in [-0.15, -0.1) is 0 Å². The summed E-state index contributed by atoms with van der Waals surface area (Å²) in [5.74, 6) is 1.50. The zero-order valence-electron chi connectivity index (χ0n) is 13.8. The normalized spacial score (nSPS) is 17.3. The van der Waals surface area contributed by atoms with Crippen LogP contribution < -0.4 is 5.32 Å². The minimum Gasteiger partial charge on any atom is -0.464 e. The minimum atomic E-state index is -0.455. The number of furan rings is 1. The first-order chi connectivity index (χ1) is 12.0. The van der Waals surface area contributed by atoms with Gasteiger partial charge in [0.1, 0.15) is 17.6 Å². The average Bonchev–Trinajstić information content (AvgIpc) is 3.06. The highest BCUT2D eigenvalue weighted by Gasteiger charge is 2.27. The number of non-ortho nitro benzene ring substituents is 1.